The van der Waals surface area contributed by atoms with Crippen molar-refractivity contribution < 1.29 is 14.3 Å². The third-order valence-electron chi connectivity index (χ3n) is 4.32. The number of nitrogens with zero attached hydrogens (tertiary/aromatic N) is 1. The van der Waals surface area contributed by atoms with Gasteiger partial charge in [0.2, 0.25) is 0 Å². The van der Waals surface area contributed by atoms with Crippen molar-refractivity contribution in [2.45, 2.75) is 27.2 Å². The first-order valence-electron chi connectivity index (χ1n) is 9.37. The lowest BCUT2D eigenvalue weighted by Gasteiger charge is -2.23. The van der Waals surface area contributed by atoms with Crippen LogP contribution in [0.15, 0.2) is 48.5 Å². The van der Waals surface area contributed by atoms with Gasteiger partial charge in [-0.1, -0.05) is 19.1 Å². The summed E-state index contributed by atoms with van der Waals surface area (Å²) in [5.41, 5.74) is 3.03. The molecule has 0 atom stereocenters. The fraction of sp³-hybridized carbons (Fsp3) is 0.364. The molecule has 0 radical (unpaired) electrons. The Morgan fingerprint density at radius 2 is 1.81 bits per heavy atom. The van der Waals surface area contributed by atoms with E-state index in [9.17, 15) is 9.59 Å². The van der Waals surface area contributed by atoms with E-state index in [4.69, 9.17) is 4.74 Å². The minimum absolute atomic E-state index is 0.0440. The summed E-state index contributed by atoms with van der Waals surface area (Å²) in [6.07, 6.45) is 0.472. The number of hydrogen-bond acceptors (Lipinski definition) is 4. The maximum atomic E-state index is 12.0. The van der Waals surface area contributed by atoms with Crippen molar-refractivity contribution in [1.82, 2.24) is 5.32 Å². The van der Waals surface area contributed by atoms with Crippen LogP contribution in [0, 0.1) is 6.92 Å². The molecular weight excluding hydrogens is 340 g/mol. The SMILES string of the molecule is CCC(=O)c1ccc(OCC(=O)NCCN(CC)c2cccc(C)c2)cc1. The Morgan fingerprint density at radius 3 is 2.44 bits per heavy atom. The average molecular weight is 368 g/mol. The highest BCUT2D eigenvalue weighted by Gasteiger charge is 2.07. The second kappa shape index (κ2) is 10.4. The Bertz CT molecular complexity index is 756. The number of anilines is 1. The summed E-state index contributed by atoms with van der Waals surface area (Å²) in [6, 6.07) is 15.2. The number of rotatable bonds is 10. The van der Waals surface area contributed by atoms with Crippen molar-refractivity contribution in [3.05, 3.63) is 59.7 Å². The van der Waals surface area contributed by atoms with Crippen LogP contribution in [0.1, 0.15) is 36.2 Å². The van der Waals surface area contributed by atoms with E-state index in [0.29, 0.717) is 24.3 Å². The molecule has 0 spiro atoms. The van der Waals surface area contributed by atoms with Crippen LogP contribution in [0.3, 0.4) is 0 Å². The van der Waals surface area contributed by atoms with Crippen LogP contribution in [0.2, 0.25) is 0 Å². The number of aryl methyl sites for hydroxylation is 1. The first kappa shape index (κ1) is 20.5. The quantitative estimate of drug-likeness (QED) is 0.651. The molecular formula is C22H28N2O3. The Morgan fingerprint density at radius 1 is 1.07 bits per heavy atom. The summed E-state index contributed by atoms with van der Waals surface area (Å²) < 4.78 is 5.48. The molecule has 0 saturated carbocycles. The fourth-order valence-electron chi connectivity index (χ4n) is 2.77. The van der Waals surface area contributed by atoms with Gasteiger partial charge in [0, 0.05) is 37.3 Å². The van der Waals surface area contributed by atoms with Crippen molar-refractivity contribution in [3.8, 4) is 5.75 Å². The number of carbonyl (C=O) groups excluding carboxylic acids is 2. The molecule has 5 nitrogen and oxygen atoms in total. The molecule has 0 aromatic heterocycles. The largest absolute Gasteiger partial charge is 0.484 e. The standard InChI is InChI=1S/C22H28N2O3/c1-4-21(25)18-9-11-20(12-10-18)27-16-22(26)23-13-14-24(5-2)19-8-6-7-17(3)15-19/h6-12,15H,4-5,13-14,16H2,1-3H3,(H,23,26). The minimum atomic E-state index is -0.163. The molecule has 144 valence electrons. The second-order valence-corrected chi connectivity index (χ2v) is 6.36. The average Bonchev–Trinajstić information content (AvgIpc) is 2.69. The van der Waals surface area contributed by atoms with Gasteiger partial charge in [-0.2, -0.15) is 0 Å². The van der Waals surface area contributed by atoms with Gasteiger partial charge in [-0.3, -0.25) is 9.59 Å². The number of ketones is 1. The van der Waals surface area contributed by atoms with Crippen molar-refractivity contribution in [2.24, 2.45) is 0 Å². The van der Waals surface area contributed by atoms with E-state index in [1.807, 2.05) is 13.0 Å². The predicted molar refractivity (Wildman–Crippen MR) is 109 cm³/mol. The van der Waals surface area contributed by atoms with Crippen molar-refractivity contribution >= 4 is 17.4 Å². The van der Waals surface area contributed by atoms with Crippen LogP contribution in [0.4, 0.5) is 5.69 Å². The van der Waals surface area contributed by atoms with Gasteiger partial charge in [0.25, 0.3) is 5.91 Å². The molecule has 2 aromatic carbocycles. The molecule has 27 heavy (non-hydrogen) atoms. The van der Waals surface area contributed by atoms with E-state index in [1.165, 1.54) is 5.56 Å². The Labute approximate surface area is 161 Å². The molecule has 0 fully saturated rings. The zero-order valence-corrected chi connectivity index (χ0v) is 16.3. The smallest absolute Gasteiger partial charge is 0.258 e. The summed E-state index contributed by atoms with van der Waals surface area (Å²) >= 11 is 0. The summed E-state index contributed by atoms with van der Waals surface area (Å²) in [5.74, 6) is 0.505. The Hall–Kier alpha value is -2.82. The lowest BCUT2D eigenvalue weighted by molar-refractivity contribution is -0.123. The normalized spacial score (nSPS) is 10.3. The van der Waals surface area contributed by atoms with E-state index in [2.05, 4.69) is 42.3 Å². The van der Waals surface area contributed by atoms with Gasteiger partial charge < -0.3 is 15.0 Å². The molecule has 0 aliphatic heterocycles. The molecule has 0 aliphatic carbocycles. The minimum Gasteiger partial charge on any atom is -0.484 e. The van der Waals surface area contributed by atoms with Crippen LogP contribution >= 0.6 is 0 Å². The summed E-state index contributed by atoms with van der Waals surface area (Å²) in [4.78, 5) is 25.8. The molecule has 2 rings (SSSR count). The van der Waals surface area contributed by atoms with Crippen LogP contribution < -0.4 is 15.0 Å². The fourth-order valence-corrected chi connectivity index (χ4v) is 2.77. The number of hydrogen-bond donors (Lipinski definition) is 1. The number of carbonyl (C=O) groups is 2. The van der Waals surface area contributed by atoms with Gasteiger partial charge in [-0.05, 0) is 55.8 Å². The molecule has 5 heteroatoms. The number of ether oxygens (including phenoxy) is 1. The number of amides is 1. The van der Waals surface area contributed by atoms with E-state index in [0.717, 1.165) is 18.8 Å². The zero-order valence-electron chi connectivity index (χ0n) is 16.3. The number of nitrogens with one attached hydrogen (secondary N) is 1. The summed E-state index contributed by atoms with van der Waals surface area (Å²) in [5, 5.41) is 2.88. The third-order valence-corrected chi connectivity index (χ3v) is 4.32. The maximum Gasteiger partial charge on any atom is 0.258 e. The van der Waals surface area contributed by atoms with Gasteiger partial charge in [0.05, 0.1) is 0 Å². The molecule has 0 unspecified atom stereocenters. The molecule has 0 aliphatic rings. The van der Waals surface area contributed by atoms with Crippen LogP contribution in [-0.4, -0.2) is 37.9 Å². The lowest BCUT2D eigenvalue weighted by atomic mass is 10.1. The summed E-state index contributed by atoms with van der Waals surface area (Å²) in [6.45, 7) is 8.11. The van der Waals surface area contributed by atoms with E-state index >= 15 is 0 Å². The van der Waals surface area contributed by atoms with Gasteiger partial charge in [0.15, 0.2) is 12.4 Å². The van der Waals surface area contributed by atoms with Crippen LogP contribution in [0.25, 0.3) is 0 Å². The zero-order chi connectivity index (χ0) is 19.6. The highest BCUT2D eigenvalue weighted by atomic mass is 16.5. The maximum absolute atomic E-state index is 12.0. The van der Waals surface area contributed by atoms with E-state index in [1.54, 1.807) is 24.3 Å². The van der Waals surface area contributed by atoms with Gasteiger partial charge >= 0.3 is 0 Å². The Balaban J connectivity index is 1.75. The molecule has 1 N–H and O–H groups in total. The van der Waals surface area contributed by atoms with Crippen molar-refractivity contribution in [3.63, 3.8) is 0 Å². The highest BCUT2D eigenvalue weighted by Crippen LogP contribution is 2.15. The van der Waals surface area contributed by atoms with Crippen LogP contribution in [-0.2, 0) is 4.79 Å². The molecule has 0 bridgehead atoms. The molecule has 0 saturated heterocycles. The topological polar surface area (TPSA) is 58.6 Å². The van der Waals surface area contributed by atoms with Gasteiger partial charge in [0.1, 0.15) is 5.75 Å². The molecule has 2 aromatic rings. The first-order chi connectivity index (χ1) is 13.0. The van der Waals surface area contributed by atoms with Crippen molar-refractivity contribution in [1.29, 1.82) is 0 Å². The second-order valence-electron chi connectivity index (χ2n) is 6.36. The first-order valence-corrected chi connectivity index (χ1v) is 9.37. The lowest BCUT2D eigenvalue weighted by Crippen LogP contribution is -2.37. The molecule has 1 amide bonds. The van der Waals surface area contributed by atoms with Crippen molar-refractivity contribution in [2.75, 3.05) is 31.1 Å². The monoisotopic (exact) mass is 368 g/mol. The van der Waals surface area contributed by atoms with Crippen LogP contribution in [0.5, 0.6) is 5.75 Å². The third kappa shape index (κ3) is 6.44. The predicted octanol–water partition coefficient (Wildman–Crippen LogP) is 3.61. The van der Waals surface area contributed by atoms with E-state index in [-0.39, 0.29) is 18.3 Å². The van der Waals surface area contributed by atoms with Gasteiger partial charge in [-0.15, -0.1) is 0 Å². The van der Waals surface area contributed by atoms with E-state index < -0.39 is 0 Å². The summed E-state index contributed by atoms with van der Waals surface area (Å²) in [7, 11) is 0. The number of likely N-dealkylation sites (N-methyl/N-ethyl adjacent to an activating group) is 1. The number of Topliss-reactive ketones (excluding diaryl/α,β-unsaturated/α-hetero) is 1. The Kier molecular flexibility index (Phi) is 7.86. The van der Waals surface area contributed by atoms with Gasteiger partial charge in [-0.25, -0.2) is 0 Å². The molecule has 0 heterocycles. The highest BCUT2D eigenvalue weighted by molar-refractivity contribution is 5.95. The number of benzene rings is 2.